The minimum Gasteiger partial charge on any atom is -0.496 e. The van der Waals surface area contributed by atoms with Gasteiger partial charge in [0.15, 0.2) is 0 Å². The summed E-state index contributed by atoms with van der Waals surface area (Å²) in [7, 11) is 1.66. The van der Waals surface area contributed by atoms with Crippen LogP contribution >= 0.6 is 27.7 Å². The topological polar surface area (TPSA) is 35.0 Å². The molecule has 0 aliphatic heterocycles. The number of thioether (sulfide) groups is 1. The first kappa shape index (κ1) is 12.4. The summed E-state index contributed by atoms with van der Waals surface area (Å²) in [5.74, 6) is 1.72. The number of hydrogen-bond donors (Lipinski definition) is 0. The van der Waals surface area contributed by atoms with Crippen LogP contribution in [0.1, 0.15) is 5.56 Å². The summed E-state index contributed by atoms with van der Waals surface area (Å²) in [5.41, 5.74) is 1.22. The number of hydrogen-bond acceptors (Lipinski definition) is 4. The Hall–Kier alpha value is -1.07. The molecular formula is C12H11BrN2OS. The Bertz CT molecular complexity index is 493. The molecule has 0 aliphatic rings. The van der Waals surface area contributed by atoms with E-state index in [1.54, 1.807) is 31.4 Å². The summed E-state index contributed by atoms with van der Waals surface area (Å²) in [6, 6.07) is 7.98. The van der Waals surface area contributed by atoms with Crippen LogP contribution < -0.4 is 4.74 Å². The van der Waals surface area contributed by atoms with Crippen molar-refractivity contribution in [2.24, 2.45) is 0 Å². The molecule has 0 unspecified atom stereocenters. The largest absolute Gasteiger partial charge is 0.496 e. The van der Waals surface area contributed by atoms with Crippen LogP contribution in [0, 0.1) is 0 Å². The first-order valence-corrected chi connectivity index (χ1v) is 6.78. The molecule has 0 bridgehead atoms. The molecular weight excluding hydrogens is 300 g/mol. The van der Waals surface area contributed by atoms with Gasteiger partial charge in [0.05, 0.1) is 16.6 Å². The Kier molecular flexibility index (Phi) is 4.39. The predicted molar refractivity (Wildman–Crippen MR) is 72.3 cm³/mol. The predicted octanol–water partition coefficient (Wildman–Crippen LogP) is 3.54. The van der Waals surface area contributed by atoms with Gasteiger partial charge in [-0.25, -0.2) is 9.97 Å². The maximum absolute atomic E-state index is 5.19. The van der Waals surface area contributed by atoms with Crippen LogP contribution in [0.4, 0.5) is 0 Å². The van der Waals surface area contributed by atoms with E-state index < -0.39 is 0 Å². The van der Waals surface area contributed by atoms with Gasteiger partial charge in [-0.15, -0.1) is 11.8 Å². The SMILES string of the molecule is COc1ccc(CSc2ccncn2)cc1Br. The average Bonchev–Trinajstić information content (AvgIpc) is 2.38. The second-order valence-electron chi connectivity index (χ2n) is 3.31. The lowest BCUT2D eigenvalue weighted by Gasteiger charge is -2.05. The molecule has 0 saturated carbocycles. The Balaban J connectivity index is 2.02. The highest BCUT2D eigenvalue weighted by Crippen LogP contribution is 2.28. The first-order valence-electron chi connectivity index (χ1n) is 5.01. The Morgan fingerprint density at radius 2 is 2.24 bits per heavy atom. The van der Waals surface area contributed by atoms with Crippen molar-refractivity contribution < 1.29 is 4.74 Å². The van der Waals surface area contributed by atoms with E-state index in [1.165, 1.54) is 5.56 Å². The highest BCUT2D eigenvalue weighted by Gasteiger charge is 2.02. The van der Waals surface area contributed by atoms with Crippen LogP contribution in [0.15, 0.2) is 46.3 Å². The number of benzene rings is 1. The van der Waals surface area contributed by atoms with Gasteiger partial charge >= 0.3 is 0 Å². The molecule has 3 nitrogen and oxygen atoms in total. The summed E-state index contributed by atoms with van der Waals surface area (Å²) in [5, 5.41) is 0.979. The van der Waals surface area contributed by atoms with Crippen LogP contribution in [0.2, 0.25) is 0 Å². The van der Waals surface area contributed by atoms with Gasteiger partial charge < -0.3 is 4.74 Å². The zero-order valence-corrected chi connectivity index (χ0v) is 11.7. The van der Waals surface area contributed by atoms with Crippen molar-refractivity contribution in [2.75, 3.05) is 7.11 Å². The lowest BCUT2D eigenvalue weighted by molar-refractivity contribution is 0.412. The fourth-order valence-electron chi connectivity index (χ4n) is 1.32. The summed E-state index contributed by atoms with van der Waals surface area (Å²) in [4.78, 5) is 8.05. The van der Waals surface area contributed by atoms with Crippen LogP contribution in [0.3, 0.4) is 0 Å². The fraction of sp³-hybridized carbons (Fsp3) is 0.167. The fourth-order valence-corrected chi connectivity index (χ4v) is 2.68. The summed E-state index contributed by atoms with van der Waals surface area (Å²) in [6.45, 7) is 0. The average molecular weight is 311 g/mol. The van der Waals surface area contributed by atoms with Crippen molar-refractivity contribution in [3.05, 3.63) is 46.8 Å². The van der Waals surface area contributed by atoms with Gasteiger partial charge in [0.25, 0.3) is 0 Å². The lowest BCUT2D eigenvalue weighted by atomic mass is 10.2. The number of halogens is 1. The molecule has 0 radical (unpaired) electrons. The van der Waals surface area contributed by atoms with Crippen molar-refractivity contribution in [3.8, 4) is 5.75 Å². The molecule has 2 rings (SSSR count). The molecule has 5 heteroatoms. The third kappa shape index (κ3) is 3.44. The number of rotatable bonds is 4. The number of methoxy groups -OCH3 is 1. The van der Waals surface area contributed by atoms with E-state index in [4.69, 9.17) is 4.74 Å². The van der Waals surface area contributed by atoms with Crippen LogP contribution in [-0.2, 0) is 5.75 Å². The molecule has 0 saturated heterocycles. The molecule has 1 heterocycles. The molecule has 0 aliphatic carbocycles. The quantitative estimate of drug-likeness (QED) is 0.639. The van der Waals surface area contributed by atoms with Gasteiger partial charge in [0, 0.05) is 11.9 Å². The Morgan fingerprint density at radius 1 is 1.35 bits per heavy atom. The smallest absolute Gasteiger partial charge is 0.133 e. The minimum atomic E-state index is 0.848. The van der Waals surface area contributed by atoms with E-state index in [-0.39, 0.29) is 0 Å². The standard InChI is InChI=1S/C12H11BrN2OS/c1-16-11-3-2-9(6-10(11)13)7-17-12-4-5-14-8-15-12/h2-6,8H,7H2,1H3. The van der Waals surface area contributed by atoms with E-state index in [0.29, 0.717) is 0 Å². The summed E-state index contributed by atoms with van der Waals surface area (Å²) in [6.07, 6.45) is 3.31. The van der Waals surface area contributed by atoms with Crippen LogP contribution in [0.25, 0.3) is 0 Å². The second kappa shape index (κ2) is 6.02. The second-order valence-corrected chi connectivity index (χ2v) is 5.16. The van der Waals surface area contributed by atoms with E-state index >= 15 is 0 Å². The van der Waals surface area contributed by atoms with Gasteiger partial charge in [0.1, 0.15) is 12.1 Å². The lowest BCUT2D eigenvalue weighted by Crippen LogP contribution is -1.87. The molecule has 88 valence electrons. The van der Waals surface area contributed by atoms with Crippen LogP contribution in [-0.4, -0.2) is 17.1 Å². The first-order chi connectivity index (χ1) is 8.29. The van der Waals surface area contributed by atoms with Gasteiger partial charge in [-0.3, -0.25) is 0 Å². The van der Waals surface area contributed by atoms with Gasteiger partial charge in [-0.1, -0.05) is 6.07 Å². The number of nitrogens with zero attached hydrogens (tertiary/aromatic N) is 2. The third-order valence-corrected chi connectivity index (χ3v) is 3.79. The molecule has 2 aromatic rings. The summed E-state index contributed by atoms with van der Waals surface area (Å²) >= 11 is 5.16. The molecule has 0 spiro atoms. The molecule has 17 heavy (non-hydrogen) atoms. The van der Waals surface area contributed by atoms with Crippen molar-refractivity contribution in [1.82, 2.24) is 9.97 Å². The highest BCUT2D eigenvalue weighted by atomic mass is 79.9. The van der Waals surface area contributed by atoms with E-state index in [2.05, 4.69) is 38.0 Å². The third-order valence-electron chi connectivity index (χ3n) is 2.16. The van der Waals surface area contributed by atoms with Gasteiger partial charge in [-0.05, 0) is 39.7 Å². The van der Waals surface area contributed by atoms with E-state index in [9.17, 15) is 0 Å². The van der Waals surface area contributed by atoms with Crippen molar-refractivity contribution in [2.45, 2.75) is 10.8 Å². The minimum absolute atomic E-state index is 0.848. The Labute approximate surface area is 113 Å². The zero-order valence-electron chi connectivity index (χ0n) is 9.26. The molecule has 0 atom stereocenters. The molecule has 0 N–H and O–H groups in total. The van der Waals surface area contributed by atoms with Crippen molar-refractivity contribution in [3.63, 3.8) is 0 Å². The number of ether oxygens (including phenoxy) is 1. The van der Waals surface area contributed by atoms with E-state index in [0.717, 1.165) is 21.0 Å². The molecule has 1 aromatic heterocycles. The highest BCUT2D eigenvalue weighted by molar-refractivity contribution is 9.10. The summed E-state index contributed by atoms with van der Waals surface area (Å²) < 4.78 is 6.16. The maximum Gasteiger partial charge on any atom is 0.133 e. The van der Waals surface area contributed by atoms with Gasteiger partial charge in [-0.2, -0.15) is 0 Å². The van der Waals surface area contributed by atoms with Gasteiger partial charge in [0.2, 0.25) is 0 Å². The monoisotopic (exact) mass is 310 g/mol. The molecule has 0 fully saturated rings. The zero-order chi connectivity index (χ0) is 12.1. The molecule has 1 aromatic carbocycles. The van der Waals surface area contributed by atoms with Crippen molar-refractivity contribution >= 4 is 27.7 Å². The van der Waals surface area contributed by atoms with Crippen molar-refractivity contribution in [1.29, 1.82) is 0 Å². The van der Waals surface area contributed by atoms with Crippen LogP contribution in [0.5, 0.6) is 5.75 Å². The number of aromatic nitrogens is 2. The Morgan fingerprint density at radius 3 is 2.88 bits per heavy atom. The molecule has 0 amide bonds. The normalized spacial score (nSPS) is 10.2. The van der Waals surface area contributed by atoms with E-state index in [1.807, 2.05) is 12.1 Å². The maximum atomic E-state index is 5.19.